The molecule has 202 valence electrons. The van der Waals surface area contributed by atoms with Gasteiger partial charge in [0.25, 0.3) is 5.91 Å². The number of rotatable bonds is 7. The first kappa shape index (κ1) is 28.9. The predicted molar refractivity (Wildman–Crippen MR) is 135 cm³/mol. The molecule has 7 nitrogen and oxygen atoms in total. The first-order valence-corrected chi connectivity index (χ1v) is 13.0. The van der Waals surface area contributed by atoms with Crippen LogP contribution in [0.1, 0.15) is 46.1 Å². The minimum atomic E-state index is -4.31. The van der Waals surface area contributed by atoms with Gasteiger partial charge < -0.3 is 10.1 Å². The summed E-state index contributed by atoms with van der Waals surface area (Å²) in [4.78, 5) is 39.5. The molecular weight excluding hydrogens is 531 g/mol. The second-order valence-electron chi connectivity index (χ2n) is 9.73. The third-order valence-corrected chi connectivity index (χ3v) is 6.89. The molecule has 1 heterocycles. The second-order valence-corrected chi connectivity index (χ2v) is 11.5. The number of hydrogen-bond donors (Lipinski definition) is 2. The van der Waals surface area contributed by atoms with E-state index in [1.165, 1.54) is 16.8 Å². The lowest BCUT2D eigenvalue weighted by Gasteiger charge is -2.30. The van der Waals surface area contributed by atoms with Crippen LogP contribution in [0.2, 0.25) is 5.02 Å². The topological polar surface area (TPSA) is 87.7 Å². The lowest BCUT2D eigenvalue weighted by atomic mass is 9.86. The van der Waals surface area contributed by atoms with Crippen LogP contribution in [0.3, 0.4) is 0 Å². The molecule has 0 bridgehead atoms. The highest BCUT2D eigenvalue weighted by Crippen LogP contribution is 2.45. The molecule has 2 amide bonds. The van der Waals surface area contributed by atoms with Crippen molar-refractivity contribution in [3.63, 3.8) is 0 Å². The highest BCUT2D eigenvalue weighted by Gasteiger charge is 2.43. The maximum atomic E-state index is 13.6. The Bertz CT molecular complexity index is 1110. The number of ketones is 1. The van der Waals surface area contributed by atoms with Crippen molar-refractivity contribution in [3.05, 3.63) is 57.1 Å². The van der Waals surface area contributed by atoms with Crippen molar-refractivity contribution >= 4 is 41.1 Å². The third-order valence-electron chi connectivity index (χ3n) is 5.44. The molecule has 0 saturated carbocycles. The van der Waals surface area contributed by atoms with Crippen molar-refractivity contribution in [1.82, 2.24) is 15.8 Å². The molecule has 1 aliphatic heterocycles. The Balaban J connectivity index is 1.88. The normalized spacial score (nSPS) is 19.9. The average molecular weight is 560 g/mol. The van der Waals surface area contributed by atoms with Gasteiger partial charge in [-0.15, -0.1) is 0 Å². The number of Topliss-reactive ketones (excluding diaryl/α,β-unsaturated/α-hetero) is 1. The zero-order chi connectivity index (χ0) is 27.5. The SMILES string of the molecule is C[C@H]1SC2=C(C(=O)C(Cc3ccc(Cl)cc3)C=C2C(=O)NCCCC(F)(F)F)N1NC(=O)OC(C)(C)C. The highest BCUT2D eigenvalue weighted by atomic mass is 35.5. The number of thioether (sulfide) groups is 1. The number of ether oxygens (including phenoxy) is 1. The van der Waals surface area contributed by atoms with Gasteiger partial charge in [-0.3, -0.25) is 14.6 Å². The molecule has 2 atom stereocenters. The van der Waals surface area contributed by atoms with E-state index in [0.717, 1.165) is 5.56 Å². The van der Waals surface area contributed by atoms with Crippen LogP contribution in [0.15, 0.2) is 46.5 Å². The summed E-state index contributed by atoms with van der Waals surface area (Å²) in [5.41, 5.74) is 2.97. The van der Waals surface area contributed by atoms with Gasteiger partial charge >= 0.3 is 12.3 Å². The lowest BCUT2D eigenvalue weighted by Crippen LogP contribution is -2.48. The van der Waals surface area contributed by atoms with Crippen LogP contribution in [0, 0.1) is 5.92 Å². The monoisotopic (exact) mass is 559 g/mol. The summed E-state index contributed by atoms with van der Waals surface area (Å²) in [6.07, 6.45) is -4.55. The quantitative estimate of drug-likeness (QED) is 0.428. The molecular formula is C25H29ClF3N3O4S. The highest BCUT2D eigenvalue weighted by molar-refractivity contribution is 8.04. The van der Waals surface area contributed by atoms with Crippen molar-refractivity contribution < 1.29 is 32.3 Å². The van der Waals surface area contributed by atoms with E-state index in [1.807, 2.05) is 0 Å². The van der Waals surface area contributed by atoms with Gasteiger partial charge in [0.2, 0.25) is 0 Å². The van der Waals surface area contributed by atoms with Crippen molar-refractivity contribution in [2.45, 2.75) is 64.1 Å². The van der Waals surface area contributed by atoms with E-state index in [4.69, 9.17) is 16.3 Å². The van der Waals surface area contributed by atoms with E-state index >= 15 is 0 Å². The van der Waals surface area contributed by atoms with E-state index < -0.39 is 41.5 Å². The van der Waals surface area contributed by atoms with Crippen LogP contribution in [0.25, 0.3) is 0 Å². The third kappa shape index (κ3) is 7.91. The Hall–Kier alpha value is -2.66. The number of allylic oxidation sites excluding steroid dienone is 2. The Labute approximate surface area is 222 Å². The van der Waals surface area contributed by atoms with Gasteiger partial charge in [-0.1, -0.05) is 41.6 Å². The van der Waals surface area contributed by atoms with Crippen molar-refractivity contribution in [2.24, 2.45) is 5.92 Å². The molecule has 0 spiro atoms. The fraction of sp³-hybridized carbons (Fsp3) is 0.480. The van der Waals surface area contributed by atoms with Crippen LogP contribution in [0.5, 0.6) is 0 Å². The van der Waals surface area contributed by atoms with Crippen molar-refractivity contribution in [1.29, 1.82) is 0 Å². The summed E-state index contributed by atoms with van der Waals surface area (Å²) in [5.74, 6) is -1.63. The van der Waals surface area contributed by atoms with E-state index in [0.29, 0.717) is 9.93 Å². The fourth-order valence-corrected chi connectivity index (χ4v) is 5.19. The molecule has 2 aliphatic rings. The van der Waals surface area contributed by atoms with Crippen molar-refractivity contribution in [2.75, 3.05) is 6.54 Å². The van der Waals surface area contributed by atoms with Crippen LogP contribution in [-0.4, -0.2) is 46.5 Å². The summed E-state index contributed by atoms with van der Waals surface area (Å²) in [6.45, 7) is 6.70. The number of nitrogens with one attached hydrogen (secondary N) is 2. The summed E-state index contributed by atoms with van der Waals surface area (Å²) < 4.78 is 42.8. The van der Waals surface area contributed by atoms with E-state index in [1.54, 1.807) is 58.0 Å². The van der Waals surface area contributed by atoms with Crippen LogP contribution in [-0.2, 0) is 20.7 Å². The molecule has 0 aromatic heterocycles. The molecule has 12 heteroatoms. The predicted octanol–water partition coefficient (Wildman–Crippen LogP) is 5.51. The van der Waals surface area contributed by atoms with E-state index in [9.17, 15) is 27.6 Å². The number of nitrogens with zero attached hydrogens (tertiary/aromatic N) is 1. The Kier molecular flexibility index (Phi) is 8.89. The summed E-state index contributed by atoms with van der Waals surface area (Å²) >= 11 is 7.17. The summed E-state index contributed by atoms with van der Waals surface area (Å²) in [5, 5.41) is 4.00. The number of hydrogen-bond acceptors (Lipinski definition) is 6. The minimum Gasteiger partial charge on any atom is -0.443 e. The number of carbonyl (C=O) groups is 3. The van der Waals surface area contributed by atoms with Gasteiger partial charge in [-0.05, 0) is 58.2 Å². The van der Waals surface area contributed by atoms with Crippen LogP contribution in [0.4, 0.5) is 18.0 Å². The standard InChI is InChI=1S/C25H29ClF3N3O4S/c1-14-32(31-23(35)36-24(2,3)4)19-20(33)16(12-15-6-8-17(26)9-7-15)13-18(21(19)37-14)22(34)30-11-5-10-25(27,28)29/h6-9,13-14,16H,5,10-12H2,1-4H3,(H,30,34)(H,31,35)/t14-,16?/m1/s1. The molecule has 3 rings (SSSR count). The summed E-state index contributed by atoms with van der Waals surface area (Å²) in [7, 11) is 0. The van der Waals surface area contributed by atoms with Gasteiger partial charge in [-0.25, -0.2) is 10.2 Å². The zero-order valence-corrected chi connectivity index (χ0v) is 22.4. The maximum Gasteiger partial charge on any atom is 0.426 e. The fourth-order valence-electron chi connectivity index (χ4n) is 3.86. The Morgan fingerprint density at radius 3 is 2.41 bits per heavy atom. The number of alkyl halides is 3. The summed E-state index contributed by atoms with van der Waals surface area (Å²) in [6, 6.07) is 6.92. The Morgan fingerprint density at radius 1 is 1.16 bits per heavy atom. The number of benzene rings is 1. The van der Waals surface area contributed by atoms with Crippen LogP contribution >= 0.6 is 23.4 Å². The molecule has 0 saturated heterocycles. The first-order chi connectivity index (χ1) is 17.1. The second kappa shape index (κ2) is 11.4. The van der Waals surface area contributed by atoms with Crippen molar-refractivity contribution in [3.8, 4) is 0 Å². The van der Waals surface area contributed by atoms with Gasteiger partial charge in [0.05, 0.1) is 15.9 Å². The largest absolute Gasteiger partial charge is 0.443 e. The average Bonchev–Trinajstić information content (AvgIpc) is 3.08. The lowest BCUT2D eigenvalue weighted by molar-refractivity contribution is -0.136. The molecule has 0 fully saturated rings. The maximum absolute atomic E-state index is 13.6. The van der Waals surface area contributed by atoms with Gasteiger partial charge in [0, 0.05) is 23.9 Å². The molecule has 1 aromatic rings. The zero-order valence-electron chi connectivity index (χ0n) is 20.9. The molecule has 1 aromatic carbocycles. The van der Waals surface area contributed by atoms with Gasteiger partial charge in [0.1, 0.15) is 11.3 Å². The van der Waals surface area contributed by atoms with Gasteiger partial charge in [-0.2, -0.15) is 13.2 Å². The van der Waals surface area contributed by atoms with E-state index in [2.05, 4.69) is 10.7 Å². The number of amides is 2. The minimum absolute atomic E-state index is 0.144. The molecule has 1 aliphatic carbocycles. The van der Waals surface area contributed by atoms with Crippen LogP contribution < -0.4 is 10.7 Å². The molecule has 2 N–H and O–H groups in total. The number of halogens is 4. The first-order valence-electron chi connectivity index (χ1n) is 11.7. The number of hydrazine groups is 1. The Morgan fingerprint density at radius 2 is 1.81 bits per heavy atom. The number of carbonyl (C=O) groups excluding carboxylic acids is 3. The molecule has 37 heavy (non-hydrogen) atoms. The van der Waals surface area contributed by atoms with Gasteiger partial charge in [0.15, 0.2) is 5.78 Å². The molecule has 1 unspecified atom stereocenters. The molecule has 0 radical (unpaired) electrons. The van der Waals surface area contributed by atoms with E-state index in [-0.39, 0.29) is 36.4 Å². The smallest absolute Gasteiger partial charge is 0.426 e.